The minimum Gasteiger partial charge on any atom is -0.456 e. The van der Waals surface area contributed by atoms with Crippen molar-refractivity contribution in [2.24, 2.45) is 5.73 Å². The third-order valence-electron chi connectivity index (χ3n) is 2.55. The summed E-state index contributed by atoms with van der Waals surface area (Å²) in [6.07, 6.45) is 0. The van der Waals surface area contributed by atoms with Crippen molar-refractivity contribution in [2.45, 2.75) is 13.0 Å². The molecule has 1 atom stereocenters. The lowest BCUT2D eigenvalue weighted by Gasteiger charge is -2.11. The minimum absolute atomic E-state index is 0.0490. The van der Waals surface area contributed by atoms with E-state index in [0.717, 1.165) is 23.8 Å². The predicted octanol–water partition coefficient (Wildman–Crippen LogP) is 4.43. The molecular weight excluding hydrogens is 272 g/mol. The molecule has 2 rings (SSSR count). The van der Waals surface area contributed by atoms with Gasteiger partial charge in [-0.15, -0.1) is 0 Å². The molecule has 0 fully saturated rings. The fourth-order valence-electron chi connectivity index (χ4n) is 1.60. The molecule has 0 aliphatic heterocycles. The fourth-order valence-corrected chi connectivity index (χ4v) is 1.83. The zero-order valence-corrected chi connectivity index (χ0v) is 10.9. The summed E-state index contributed by atoms with van der Waals surface area (Å²) in [4.78, 5) is 0. The Labute approximate surface area is 114 Å². The molecule has 100 valence electrons. The smallest absolute Gasteiger partial charge is 0.146 e. The second-order valence-corrected chi connectivity index (χ2v) is 4.59. The molecule has 0 saturated heterocycles. The Kier molecular flexibility index (Phi) is 4.02. The van der Waals surface area contributed by atoms with Crippen molar-refractivity contribution in [1.29, 1.82) is 0 Å². The van der Waals surface area contributed by atoms with E-state index >= 15 is 0 Å². The van der Waals surface area contributed by atoms with E-state index in [9.17, 15) is 8.78 Å². The van der Waals surface area contributed by atoms with Gasteiger partial charge < -0.3 is 10.5 Å². The van der Waals surface area contributed by atoms with Crippen LogP contribution < -0.4 is 10.5 Å². The number of hydrogen-bond donors (Lipinski definition) is 1. The average Bonchev–Trinajstić information content (AvgIpc) is 2.30. The second kappa shape index (κ2) is 5.55. The van der Waals surface area contributed by atoms with Crippen LogP contribution >= 0.6 is 11.6 Å². The summed E-state index contributed by atoms with van der Waals surface area (Å²) in [5.74, 6) is -1.05. The van der Waals surface area contributed by atoms with E-state index in [1.54, 1.807) is 18.2 Å². The van der Waals surface area contributed by atoms with Crippen LogP contribution in [0.3, 0.4) is 0 Å². The standard InChI is InChI=1S/C14H12ClF2NO/c1-8(18)9-2-3-14(13(15)4-9)19-12-6-10(16)5-11(17)7-12/h2-8H,18H2,1H3/t8-/m1/s1. The van der Waals surface area contributed by atoms with Gasteiger partial charge in [-0.1, -0.05) is 17.7 Å². The van der Waals surface area contributed by atoms with Gasteiger partial charge in [-0.3, -0.25) is 0 Å². The zero-order chi connectivity index (χ0) is 14.0. The molecule has 2 aromatic rings. The number of nitrogens with two attached hydrogens (primary N) is 1. The Balaban J connectivity index is 2.28. The summed E-state index contributed by atoms with van der Waals surface area (Å²) in [6, 6.07) is 7.81. The van der Waals surface area contributed by atoms with Gasteiger partial charge >= 0.3 is 0 Å². The van der Waals surface area contributed by atoms with Gasteiger partial charge in [0.15, 0.2) is 0 Å². The molecule has 5 heteroatoms. The molecule has 0 bridgehead atoms. The Morgan fingerprint density at radius 2 is 1.74 bits per heavy atom. The maximum atomic E-state index is 13.0. The number of rotatable bonds is 3. The van der Waals surface area contributed by atoms with E-state index in [2.05, 4.69) is 0 Å². The molecule has 0 aliphatic carbocycles. The highest BCUT2D eigenvalue weighted by molar-refractivity contribution is 6.32. The van der Waals surface area contributed by atoms with Gasteiger partial charge in [0.1, 0.15) is 23.1 Å². The molecule has 2 nitrogen and oxygen atoms in total. The first kappa shape index (κ1) is 13.8. The second-order valence-electron chi connectivity index (χ2n) is 4.19. The minimum atomic E-state index is -0.710. The highest BCUT2D eigenvalue weighted by atomic mass is 35.5. The van der Waals surface area contributed by atoms with Crippen molar-refractivity contribution >= 4 is 11.6 Å². The molecule has 0 unspecified atom stereocenters. The van der Waals surface area contributed by atoms with Gasteiger partial charge in [0.05, 0.1) is 5.02 Å². The van der Waals surface area contributed by atoms with Crippen LogP contribution in [0.25, 0.3) is 0 Å². The highest BCUT2D eigenvalue weighted by Crippen LogP contribution is 2.31. The van der Waals surface area contributed by atoms with E-state index in [-0.39, 0.29) is 11.8 Å². The van der Waals surface area contributed by atoms with Gasteiger partial charge in [-0.05, 0) is 24.6 Å². The lowest BCUT2D eigenvalue weighted by Crippen LogP contribution is -2.04. The molecule has 0 amide bonds. The van der Waals surface area contributed by atoms with Crippen LogP contribution in [0.4, 0.5) is 8.78 Å². The predicted molar refractivity (Wildman–Crippen MR) is 70.5 cm³/mol. The van der Waals surface area contributed by atoms with E-state index in [0.29, 0.717) is 10.8 Å². The third kappa shape index (κ3) is 3.43. The number of benzene rings is 2. The monoisotopic (exact) mass is 283 g/mol. The first-order valence-electron chi connectivity index (χ1n) is 5.64. The maximum Gasteiger partial charge on any atom is 0.146 e. The largest absolute Gasteiger partial charge is 0.456 e. The summed E-state index contributed by atoms with van der Waals surface area (Å²) in [7, 11) is 0. The van der Waals surface area contributed by atoms with E-state index in [1.807, 2.05) is 6.92 Å². The quantitative estimate of drug-likeness (QED) is 0.904. The lowest BCUT2D eigenvalue weighted by molar-refractivity contribution is 0.468. The molecule has 2 aromatic carbocycles. The topological polar surface area (TPSA) is 35.2 Å². The lowest BCUT2D eigenvalue weighted by atomic mass is 10.1. The summed E-state index contributed by atoms with van der Waals surface area (Å²) in [5, 5.41) is 0.333. The Morgan fingerprint density at radius 3 is 2.26 bits per heavy atom. The molecule has 0 saturated carbocycles. The van der Waals surface area contributed by atoms with E-state index in [1.165, 1.54) is 0 Å². The molecule has 0 aliphatic rings. The van der Waals surface area contributed by atoms with Gasteiger partial charge in [-0.2, -0.15) is 0 Å². The SMILES string of the molecule is C[C@@H](N)c1ccc(Oc2cc(F)cc(F)c2)c(Cl)c1. The summed E-state index contributed by atoms with van der Waals surface area (Å²) in [6.45, 7) is 1.83. The Hall–Kier alpha value is -1.65. The molecule has 0 spiro atoms. The average molecular weight is 284 g/mol. The van der Waals surface area contributed by atoms with Gasteiger partial charge in [-0.25, -0.2) is 8.78 Å². The van der Waals surface area contributed by atoms with Crippen molar-refractivity contribution in [1.82, 2.24) is 0 Å². The molecule has 2 N–H and O–H groups in total. The van der Waals surface area contributed by atoms with Gasteiger partial charge in [0, 0.05) is 24.2 Å². The highest BCUT2D eigenvalue weighted by Gasteiger charge is 2.08. The molecule has 0 radical (unpaired) electrons. The number of halogens is 3. The van der Waals surface area contributed by atoms with Gasteiger partial charge in [0.25, 0.3) is 0 Å². The van der Waals surface area contributed by atoms with Crippen LogP contribution in [-0.2, 0) is 0 Å². The summed E-state index contributed by atoms with van der Waals surface area (Å²) in [5.41, 5.74) is 6.58. The van der Waals surface area contributed by atoms with Crippen molar-refractivity contribution in [3.8, 4) is 11.5 Å². The van der Waals surface area contributed by atoms with Crippen LogP contribution in [0.1, 0.15) is 18.5 Å². The number of hydrogen-bond acceptors (Lipinski definition) is 2. The maximum absolute atomic E-state index is 13.0. The normalized spacial score (nSPS) is 12.3. The van der Waals surface area contributed by atoms with E-state index in [4.69, 9.17) is 22.1 Å². The van der Waals surface area contributed by atoms with Crippen LogP contribution in [-0.4, -0.2) is 0 Å². The Bertz CT molecular complexity index is 582. The third-order valence-corrected chi connectivity index (χ3v) is 2.84. The van der Waals surface area contributed by atoms with Gasteiger partial charge in [0.2, 0.25) is 0 Å². The molecule has 0 heterocycles. The van der Waals surface area contributed by atoms with Crippen LogP contribution in [0.2, 0.25) is 5.02 Å². The Morgan fingerprint density at radius 1 is 1.11 bits per heavy atom. The van der Waals surface area contributed by atoms with Crippen molar-refractivity contribution < 1.29 is 13.5 Å². The first-order valence-corrected chi connectivity index (χ1v) is 6.02. The zero-order valence-electron chi connectivity index (χ0n) is 10.2. The van der Waals surface area contributed by atoms with Crippen LogP contribution in [0.5, 0.6) is 11.5 Å². The molecule has 0 aromatic heterocycles. The molecular formula is C14H12ClF2NO. The van der Waals surface area contributed by atoms with E-state index < -0.39 is 11.6 Å². The van der Waals surface area contributed by atoms with Crippen LogP contribution in [0, 0.1) is 11.6 Å². The first-order chi connectivity index (χ1) is 8.95. The van der Waals surface area contributed by atoms with Crippen molar-refractivity contribution in [3.63, 3.8) is 0 Å². The summed E-state index contributed by atoms with van der Waals surface area (Å²) >= 11 is 6.03. The van der Waals surface area contributed by atoms with Crippen molar-refractivity contribution in [3.05, 3.63) is 58.6 Å². The van der Waals surface area contributed by atoms with Crippen LogP contribution in [0.15, 0.2) is 36.4 Å². The fraction of sp³-hybridized carbons (Fsp3) is 0.143. The number of ether oxygens (including phenoxy) is 1. The summed E-state index contributed by atoms with van der Waals surface area (Å²) < 4.78 is 31.4. The van der Waals surface area contributed by atoms with Crippen molar-refractivity contribution in [2.75, 3.05) is 0 Å². The molecule has 19 heavy (non-hydrogen) atoms.